The van der Waals surface area contributed by atoms with Crippen molar-refractivity contribution >= 4 is 23.3 Å². The van der Waals surface area contributed by atoms with E-state index in [2.05, 4.69) is 35.4 Å². The maximum absolute atomic E-state index is 12.1. The maximum atomic E-state index is 12.1. The summed E-state index contributed by atoms with van der Waals surface area (Å²) in [6.07, 6.45) is 3.95. The monoisotopic (exact) mass is 408 g/mol. The average Bonchev–Trinajstić information content (AvgIpc) is 3.21. The Labute approximate surface area is 175 Å². The largest absolute Gasteiger partial charge is 0.493 e. The van der Waals surface area contributed by atoms with E-state index in [0.717, 1.165) is 21.8 Å². The summed E-state index contributed by atoms with van der Waals surface area (Å²) in [7, 11) is 3.17. The summed E-state index contributed by atoms with van der Waals surface area (Å²) in [5, 5.41) is 5.94. The van der Waals surface area contributed by atoms with Crippen LogP contribution in [-0.2, 0) is 11.2 Å². The number of ether oxygens (including phenoxy) is 2. The SMILES string of the molecule is COc1ccc(/C=C/C(=O)NCCc2csc(-c3cccc(C)c3)n2)cc1OC. The number of nitrogens with one attached hydrogen (secondary N) is 1. The topological polar surface area (TPSA) is 60.5 Å². The third kappa shape index (κ3) is 5.68. The Morgan fingerprint density at radius 1 is 1.14 bits per heavy atom. The van der Waals surface area contributed by atoms with E-state index >= 15 is 0 Å². The Balaban J connectivity index is 1.51. The fraction of sp³-hybridized carbons (Fsp3) is 0.217. The molecule has 1 amide bonds. The van der Waals surface area contributed by atoms with Crippen LogP contribution in [0, 0.1) is 6.92 Å². The molecule has 0 aliphatic rings. The standard InChI is InChI=1S/C23H24N2O3S/c1-16-5-4-6-18(13-16)23-25-19(15-29-23)11-12-24-22(26)10-8-17-7-9-20(27-2)21(14-17)28-3/h4-10,13-15H,11-12H2,1-3H3,(H,24,26)/b10-8+. The van der Waals surface area contributed by atoms with Gasteiger partial charge in [-0.05, 0) is 36.8 Å². The van der Waals surface area contributed by atoms with Gasteiger partial charge in [-0.1, -0.05) is 29.8 Å². The molecule has 0 aliphatic heterocycles. The van der Waals surface area contributed by atoms with Crippen molar-refractivity contribution in [1.29, 1.82) is 0 Å². The molecule has 0 atom stereocenters. The van der Waals surface area contributed by atoms with Crippen molar-refractivity contribution in [1.82, 2.24) is 10.3 Å². The van der Waals surface area contributed by atoms with E-state index in [4.69, 9.17) is 9.47 Å². The highest BCUT2D eigenvalue weighted by Crippen LogP contribution is 2.28. The third-order valence-corrected chi connectivity index (χ3v) is 5.27. The van der Waals surface area contributed by atoms with Crippen molar-refractivity contribution < 1.29 is 14.3 Å². The zero-order chi connectivity index (χ0) is 20.6. The Morgan fingerprint density at radius 2 is 1.97 bits per heavy atom. The summed E-state index contributed by atoms with van der Waals surface area (Å²) in [5.74, 6) is 1.14. The van der Waals surface area contributed by atoms with Gasteiger partial charge in [0.25, 0.3) is 0 Å². The van der Waals surface area contributed by atoms with E-state index in [1.807, 2.05) is 29.6 Å². The fourth-order valence-electron chi connectivity index (χ4n) is 2.83. The molecular formula is C23H24N2O3S. The summed E-state index contributed by atoms with van der Waals surface area (Å²) in [6.45, 7) is 2.61. The normalized spacial score (nSPS) is 10.9. The first-order valence-corrected chi connectivity index (χ1v) is 10.2. The molecule has 2 aromatic carbocycles. The second-order valence-corrected chi connectivity index (χ2v) is 7.36. The van der Waals surface area contributed by atoms with Gasteiger partial charge in [-0.2, -0.15) is 0 Å². The molecule has 0 saturated carbocycles. The first kappa shape index (κ1) is 20.6. The molecule has 3 aromatic rings. The molecule has 0 saturated heterocycles. The molecule has 0 bridgehead atoms. The predicted molar refractivity (Wildman–Crippen MR) is 118 cm³/mol. The van der Waals surface area contributed by atoms with Crippen LogP contribution >= 0.6 is 11.3 Å². The van der Waals surface area contributed by atoms with Crippen LogP contribution in [0.5, 0.6) is 11.5 Å². The van der Waals surface area contributed by atoms with E-state index in [-0.39, 0.29) is 5.91 Å². The summed E-state index contributed by atoms with van der Waals surface area (Å²) >= 11 is 1.62. The maximum Gasteiger partial charge on any atom is 0.244 e. The zero-order valence-corrected chi connectivity index (χ0v) is 17.6. The Bertz CT molecular complexity index is 1010. The number of aryl methyl sites for hydroxylation is 1. The number of carbonyl (C=O) groups is 1. The zero-order valence-electron chi connectivity index (χ0n) is 16.8. The van der Waals surface area contributed by atoms with Gasteiger partial charge in [0.2, 0.25) is 5.91 Å². The number of methoxy groups -OCH3 is 2. The van der Waals surface area contributed by atoms with Crippen molar-refractivity contribution in [2.75, 3.05) is 20.8 Å². The first-order valence-electron chi connectivity index (χ1n) is 9.28. The van der Waals surface area contributed by atoms with Gasteiger partial charge in [-0.15, -0.1) is 11.3 Å². The van der Waals surface area contributed by atoms with E-state index < -0.39 is 0 Å². The molecule has 1 heterocycles. The van der Waals surface area contributed by atoms with Crippen molar-refractivity contribution in [2.24, 2.45) is 0 Å². The molecule has 150 valence electrons. The van der Waals surface area contributed by atoms with Gasteiger partial charge in [0.15, 0.2) is 11.5 Å². The molecule has 0 fully saturated rings. The summed E-state index contributed by atoms with van der Waals surface area (Å²) in [5.41, 5.74) is 4.19. The second-order valence-electron chi connectivity index (χ2n) is 6.50. The third-order valence-electron chi connectivity index (χ3n) is 4.33. The van der Waals surface area contributed by atoms with Crippen molar-refractivity contribution in [3.63, 3.8) is 0 Å². The van der Waals surface area contributed by atoms with Crippen LogP contribution in [0.25, 0.3) is 16.6 Å². The summed E-state index contributed by atoms with van der Waals surface area (Å²) < 4.78 is 10.5. The summed E-state index contributed by atoms with van der Waals surface area (Å²) in [6, 6.07) is 13.8. The molecule has 1 N–H and O–H groups in total. The van der Waals surface area contributed by atoms with Gasteiger partial charge in [-0.25, -0.2) is 4.98 Å². The first-order chi connectivity index (χ1) is 14.1. The van der Waals surface area contributed by atoms with Crippen molar-refractivity contribution in [3.05, 3.63) is 70.7 Å². The Hall–Kier alpha value is -3.12. The van der Waals surface area contributed by atoms with Crippen LogP contribution in [-0.4, -0.2) is 31.7 Å². The van der Waals surface area contributed by atoms with Gasteiger partial charge in [0.05, 0.1) is 19.9 Å². The number of amides is 1. The number of benzene rings is 2. The molecular weight excluding hydrogens is 384 g/mol. The minimum absolute atomic E-state index is 0.145. The Morgan fingerprint density at radius 3 is 2.72 bits per heavy atom. The molecule has 0 aliphatic carbocycles. The fourth-order valence-corrected chi connectivity index (χ4v) is 3.68. The lowest BCUT2D eigenvalue weighted by Crippen LogP contribution is -2.23. The second kappa shape index (κ2) is 9.89. The average molecular weight is 409 g/mol. The molecule has 3 rings (SSSR count). The molecule has 1 aromatic heterocycles. The van der Waals surface area contributed by atoms with Crippen LogP contribution < -0.4 is 14.8 Å². The summed E-state index contributed by atoms with van der Waals surface area (Å²) in [4.78, 5) is 16.7. The van der Waals surface area contributed by atoms with Crippen LogP contribution in [0.3, 0.4) is 0 Å². The highest BCUT2D eigenvalue weighted by Gasteiger charge is 2.06. The minimum Gasteiger partial charge on any atom is -0.493 e. The molecule has 29 heavy (non-hydrogen) atoms. The van der Waals surface area contributed by atoms with E-state index in [1.165, 1.54) is 11.6 Å². The van der Waals surface area contributed by atoms with Crippen molar-refractivity contribution in [2.45, 2.75) is 13.3 Å². The van der Waals surface area contributed by atoms with Crippen LogP contribution in [0.2, 0.25) is 0 Å². The smallest absolute Gasteiger partial charge is 0.244 e. The lowest BCUT2D eigenvalue weighted by Gasteiger charge is -2.07. The Kier molecular flexibility index (Phi) is 7.03. The molecule has 0 spiro atoms. The molecule has 0 radical (unpaired) electrons. The van der Waals surface area contributed by atoms with E-state index in [9.17, 15) is 4.79 Å². The number of rotatable bonds is 8. The molecule has 5 nitrogen and oxygen atoms in total. The van der Waals surface area contributed by atoms with Gasteiger partial charge < -0.3 is 14.8 Å². The van der Waals surface area contributed by atoms with Crippen LogP contribution in [0.15, 0.2) is 53.9 Å². The highest BCUT2D eigenvalue weighted by molar-refractivity contribution is 7.13. The number of nitrogens with zero attached hydrogens (tertiary/aromatic N) is 1. The highest BCUT2D eigenvalue weighted by atomic mass is 32.1. The van der Waals surface area contributed by atoms with E-state index in [0.29, 0.717) is 24.5 Å². The lowest BCUT2D eigenvalue weighted by molar-refractivity contribution is -0.116. The quantitative estimate of drug-likeness (QED) is 0.557. The molecule has 6 heteroatoms. The lowest BCUT2D eigenvalue weighted by atomic mass is 10.1. The van der Waals surface area contributed by atoms with Gasteiger partial charge in [0.1, 0.15) is 5.01 Å². The minimum atomic E-state index is -0.145. The number of hydrogen-bond acceptors (Lipinski definition) is 5. The van der Waals surface area contributed by atoms with Gasteiger partial charge in [0, 0.05) is 30.0 Å². The van der Waals surface area contributed by atoms with E-state index in [1.54, 1.807) is 31.6 Å². The number of thiazole rings is 1. The van der Waals surface area contributed by atoms with Crippen LogP contribution in [0.4, 0.5) is 0 Å². The van der Waals surface area contributed by atoms with Crippen LogP contribution in [0.1, 0.15) is 16.8 Å². The number of hydrogen-bond donors (Lipinski definition) is 1. The number of carbonyl (C=O) groups excluding carboxylic acids is 1. The van der Waals surface area contributed by atoms with Gasteiger partial charge >= 0.3 is 0 Å². The molecule has 0 unspecified atom stereocenters. The predicted octanol–water partition coefficient (Wildman–Crippen LogP) is 4.51. The van der Waals surface area contributed by atoms with Gasteiger partial charge in [-0.3, -0.25) is 4.79 Å². The number of aromatic nitrogens is 1. The van der Waals surface area contributed by atoms with Crippen molar-refractivity contribution in [3.8, 4) is 22.1 Å².